The molecule has 1 aromatic heterocycles. The second kappa shape index (κ2) is 7.74. The zero-order chi connectivity index (χ0) is 19.5. The van der Waals surface area contributed by atoms with Crippen molar-refractivity contribution in [2.24, 2.45) is 0 Å². The number of anilines is 1. The lowest BCUT2D eigenvalue weighted by Crippen LogP contribution is -1.99. The molecule has 28 heavy (non-hydrogen) atoms. The molecule has 4 rings (SSSR count). The molecule has 0 amide bonds. The molecule has 0 aliphatic heterocycles. The summed E-state index contributed by atoms with van der Waals surface area (Å²) in [6.07, 6.45) is 0. The van der Waals surface area contributed by atoms with E-state index in [1.807, 2.05) is 60.7 Å². The van der Waals surface area contributed by atoms with Crippen molar-refractivity contribution in [1.82, 2.24) is 9.97 Å². The second-order valence-electron chi connectivity index (χ2n) is 6.26. The number of nitrogen functional groups attached to an aromatic ring is 1. The molecule has 6 heteroatoms. The van der Waals surface area contributed by atoms with E-state index in [-0.39, 0.29) is 5.28 Å². The summed E-state index contributed by atoms with van der Waals surface area (Å²) < 4.78 is 11.5. The first kappa shape index (κ1) is 18.1. The zero-order valence-corrected chi connectivity index (χ0v) is 16.0. The standard InChI is InChI=1S/C22H18ClN3O2/c1-27-19-12-18-17(11-20(19)28-13-14-6-3-2-4-7-14)21(26-22(23)25-18)15-8-5-9-16(24)10-15/h2-12H,13,24H2,1H3. The minimum absolute atomic E-state index is 0.157. The first-order valence-corrected chi connectivity index (χ1v) is 9.10. The molecule has 1 heterocycles. The van der Waals surface area contributed by atoms with Gasteiger partial charge < -0.3 is 15.2 Å². The number of fused-ring (bicyclic) bond motifs is 1. The van der Waals surface area contributed by atoms with Gasteiger partial charge in [-0.15, -0.1) is 0 Å². The first-order chi connectivity index (χ1) is 13.6. The largest absolute Gasteiger partial charge is 0.493 e. The van der Waals surface area contributed by atoms with Crippen LogP contribution in [0, 0.1) is 0 Å². The number of benzene rings is 3. The lowest BCUT2D eigenvalue weighted by molar-refractivity contribution is 0.285. The number of ether oxygens (including phenoxy) is 2. The van der Waals surface area contributed by atoms with Crippen molar-refractivity contribution in [2.45, 2.75) is 6.61 Å². The van der Waals surface area contributed by atoms with Crippen LogP contribution in [0.5, 0.6) is 11.5 Å². The van der Waals surface area contributed by atoms with Crippen LogP contribution < -0.4 is 15.2 Å². The molecule has 0 aliphatic rings. The molecule has 140 valence electrons. The van der Waals surface area contributed by atoms with E-state index in [9.17, 15) is 0 Å². The van der Waals surface area contributed by atoms with E-state index in [1.54, 1.807) is 13.2 Å². The molecule has 5 nitrogen and oxygen atoms in total. The molecule has 3 aromatic carbocycles. The van der Waals surface area contributed by atoms with E-state index in [0.29, 0.717) is 35.0 Å². The van der Waals surface area contributed by atoms with Crippen molar-refractivity contribution in [3.63, 3.8) is 0 Å². The van der Waals surface area contributed by atoms with Crippen LogP contribution in [-0.4, -0.2) is 17.1 Å². The van der Waals surface area contributed by atoms with E-state index < -0.39 is 0 Å². The Labute approximate surface area is 167 Å². The predicted molar refractivity (Wildman–Crippen MR) is 112 cm³/mol. The zero-order valence-electron chi connectivity index (χ0n) is 15.2. The van der Waals surface area contributed by atoms with Gasteiger partial charge in [-0.25, -0.2) is 9.97 Å². The Morgan fingerprint density at radius 3 is 2.50 bits per heavy atom. The molecule has 0 radical (unpaired) electrons. The minimum Gasteiger partial charge on any atom is -0.493 e. The molecule has 0 saturated carbocycles. The molecule has 0 spiro atoms. The van der Waals surface area contributed by atoms with Crippen LogP contribution in [0.15, 0.2) is 66.7 Å². The number of methoxy groups -OCH3 is 1. The summed E-state index contributed by atoms with van der Waals surface area (Å²) in [5, 5.41) is 0.962. The van der Waals surface area contributed by atoms with Crippen LogP contribution >= 0.6 is 11.6 Å². The fourth-order valence-corrected chi connectivity index (χ4v) is 3.20. The van der Waals surface area contributed by atoms with Gasteiger partial charge in [-0.1, -0.05) is 42.5 Å². The third kappa shape index (κ3) is 3.70. The highest BCUT2D eigenvalue weighted by Gasteiger charge is 2.15. The summed E-state index contributed by atoms with van der Waals surface area (Å²) in [6, 6.07) is 21.1. The van der Waals surface area contributed by atoms with Gasteiger partial charge in [-0.05, 0) is 35.4 Å². The van der Waals surface area contributed by atoms with E-state index in [0.717, 1.165) is 16.5 Å². The van der Waals surface area contributed by atoms with Crippen LogP contribution in [0.2, 0.25) is 5.28 Å². The lowest BCUT2D eigenvalue weighted by atomic mass is 10.1. The highest BCUT2D eigenvalue weighted by Crippen LogP contribution is 2.37. The normalized spacial score (nSPS) is 10.8. The van der Waals surface area contributed by atoms with Crippen molar-refractivity contribution in [2.75, 3.05) is 12.8 Å². The SMILES string of the molecule is COc1cc2nc(Cl)nc(-c3cccc(N)c3)c2cc1OCc1ccccc1. The van der Waals surface area contributed by atoms with E-state index >= 15 is 0 Å². The summed E-state index contributed by atoms with van der Waals surface area (Å²) in [5.41, 5.74) is 9.87. The van der Waals surface area contributed by atoms with Gasteiger partial charge in [0, 0.05) is 22.7 Å². The fourth-order valence-electron chi connectivity index (χ4n) is 3.02. The third-order valence-electron chi connectivity index (χ3n) is 4.35. The Bertz CT molecular complexity index is 1130. The highest BCUT2D eigenvalue weighted by atomic mass is 35.5. The van der Waals surface area contributed by atoms with Gasteiger partial charge >= 0.3 is 0 Å². The minimum atomic E-state index is 0.157. The molecular formula is C22H18ClN3O2. The number of halogens is 1. The monoisotopic (exact) mass is 391 g/mol. The number of nitrogens with zero attached hydrogens (tertiary/aromatic N) is 2. The highest BCUT2D eigenvalue weighted by molar-refractivity contribution is 6.28. The van der Waals surface area contributed by atoms with E-state index in [1.165, 1.54) is 0 Å². The van der Waals surface area contributed by atoms with E-state index in [2.05, 4.69) is 9.97 Å². The second-order valence-corrected chi connectivity index (χ2v) is 6.60. The maximum Gasteiger partial charge on any atom is 0.223 e. The van der Waals surface area contributed by atoms with Crippen molar-refractivity contribution >= 4 is 28.2 Å². The summed E-state index contributed by atoms with van der Waals surface area (Å²) >= 11 is 6.16. The van der Waals surface area contributed by atoms with Crippen LogP contribution in [0.4, 0.5) is 5.69 Å². The van der Waals surface area contributed by atoms with Gasteiger partial charge in [0.15, 0.2) is 11.5 Å². The van der Waals surface area contributed by atoms with Crippen LogP contribution in [0.25, 0.3) is 22.2 Å². The smallest absolute Gasteiger partial charge is 0.223 e. The number of hydrogen-bond acceptors (Lipinski definition) is 5. The van der Waals surface area contributed by atoms with Gasteiger partial charge in [0.1, 0.15) is 6.61 Å². The van der Waals surface area contributed by atoms with Gasteiger partial charge in [0.25, 0.3) is 0 Å². The maximum atomic E-state index is 6.16. The molecule has 4 aromatic rings. The Balaban J connectivity index is 1.82. The maximum absolute atomic E-state index is 6.16. The van der Waals surface area contributed by atoms with Crippen molar-refractivity contribution in [1.29, 1.82) is 0 Å². The topological polar surface area (TPSA) is 70.3 Å². The van der Waals surface area contributed by atoms with Crippen molar-refractivity contribution < 1.29 is 9.47 Å². The summed E-state index contributed by atoms with van der Waals surface area (Å²) in [5.74, 6) is 1.19. The predicted octanol–water partition coefficient (Wildman–Crippen LogP) is 5.12. The number of aromatic nitrogens is 2. The van der Waals surface area contributed by atoms with Crippen LogP contribution in [0.1, 0.15) is 5.56 Å². The van der Waals surface area contributed by atoms with Crippen LogP contribution in [0.3, 0.4) is 0 Å². The molecule has 0 unspecified atom stereocenters. The Kier molecular flexibility index (Phi) is 5.00. The Morgan fingerprint density at radius 2 is 1.75 bits per heavy atom. The van der Waals surface area contributed by atoms with Crippen molar-refractivity contribution in [3.05, 3.63) is 77.6 Å². The van der Waals surface area contributed by atoms with E-state index in [4.69, 9.17) is 26.8 Å². The molecule has 0 saturated heterocycles. The van der Waals surface area contributed by atoms with Gasteiger partial charge in [0.05, 0.1) is 18.3 Å². The summed E-state index contributed by atoms with van der Waals surface area (Å²) in [6.45, 7) is 0.421. The van der Waals surface area contributed by atoms with Crippen molar-refractivity contribution in [3.8, 4) is 22.8 Å². The molecule has 0 bridgehead atoms. The average molecular weight is 392 g/mol. The molecule has 0 atom stereocenters. The number of hydrogen-bond donors (Lipinski definition) is 1. The Morgan fingerprint density at radius 1 is 0.929 bits per heavy atom. The molecule has 0 aliphatic carbocycles. The molecule has 0 fully saturated rings. The quantitative estimate of drug-likeness (QED) is 0.377. The van der Waals surface area contributed by atoms with Gasteiger partial charge in [-0.3, -0.25) is 0 Å². The first-order valence-electron chi connectivity index (χ1n) is 8.72. The lowest BCUT2D eigenvalue weighted by Gasteiger charge is -2.14. The number of rotatable bonds is 5. The third-order valence-corrected chi connectivity index (χ3v) is 4.52. The van der Waals surface area contributed by atoms with Gasteiger partial charge in [0.2, 0.25) is 5.28 Å². The molecule has 2 N–H and O–H groups in total. The summed E-state index contributed by atoms with van der Waals surface area (Å²) in [7, 11) is 1.60. The summed E-state index contributed by atoms with van der Waals surface area (Å²) in [4.78, 5) is 8.77. The number of nitrogens with two attached hydrogens (primary N) is 1. The average Bonchev–Trinajstić information content (AvgIpc) is 2.71. The molecular weight excluding hydrogens is 374 g/mol. The van der Waals surface area contributed by atoms with Crippen LogP contribution in [-0.2, 0) is 6.61 Å². The fraction of sp³-hybridized carbons (Fsp3) is 0.0909. The van der Waals surface area contributed by atoms with Gasteiger partial charge in [-0.2, -0.15) is 0 Å². The Hall–Kier alpha value is -3.31.